The van der Waals surface area contributed by atoms with Crippen LogP contribution in [0.2, 0.25) is 0 Å². The molecule has 0 radical (unpaired) electrons. The van der Waals surface area contributed by atoms with Crippen LogP contribution in [-0.4, -0.2) is 11.5 Å². The van der Waals surface area contributed by atoms with Crippen molar-refractivity contribution < 1.29 is 0 Å². The summed E-state index contributed by atoms with van der Waals surface area (Å²) in [4.78, 5) is 0. The van der Waals surface area contributed by atoms with Crippen molar-refractivity contribution in [3.05, 3.63) is 0 Å². The first-order chi connectivity index (χ1) is 4.43. The van der Waals surface area contributed by atoms with Crippen molar-refractivity contribution in [1.82, 2.24) is 0 Å². The minimum Gasteiger partial charge on any atom is -0.198 e. The second-order valence-electron chi connectivity index (χ2n) is 2.37. The maximum Gasteiger partial charge on any atom is 0.0656 e. The molecular weight excluding hydrogens is 130 g/mol. The Labute approximate surface area is 60.4 Å². The number of hydrogen-bond acceptors (Lipinski definition) is 2. The number of nitrogens with zero attached hydrogens (tertiary/aromatic N) is 1. The molecule has 2 heteroatoms. The van der Waals surface area contributed by atoms with Gasteiger partial charge in [-0.1, -0.05) is 0 Å². The second-order valence-corrected chi connectivity index (χ2v) is 3.59. The first-order valence-electron chi connectivity index (χ1n) is 3.41. The van der Waals surface area contributed by atoms with E-state index in [1.165, 1.54) is 17.9 Å². The van der Waals surface area contributed by atoms with Gasteiger partial charge in [-0.3, -0.25) is 0 Å². The third-order valence-electron chi connectivity index (χ3n) is 1.63. The molecule has 0 amide bonds. The quantitative estimate of drug-likeness (QED) is 0.515. The lowest BCUT2D eigenvalue weighted by atomic mass is 10.0. The summed E-state index contributed by atoms with van der Waals surface area (Å²) in [5.41, 5.74) is 0. The second kappa shape index (κ2) is 3.79. The van der Waals surface area contributed by atoms with E-state index in [2.05, 4.69) is 6.07 Å². The van der Waals surface area contributed by atoms with Crippen LogP contribution in [-0.2, 0) is 0 Å². The summed E-state index contributed by atoms with van der Waals surface area (Å²) in [5.74, 6) is 2.82. The van der Waals surface area contributed by atoms with E-state index in [0.29, 0.717) is 5.92 Å². The molecule has 0 aromatic rings. The zero-order valence-corrected chi connectivity index (χ0v) is 6.28. The van der Waals surface area contributed by atoms with Gasteiger partial charge in [-0.15, -0.1) is 0 Å². The van der Waals surface area contributed by atoms with Gasteiger partial charge < -0.3 is 0 Å². The highest BCUT2D eigenvalue weighted by molar-refractivity contribution is 7.99. The molecule has 0 aromatic heterocycles. The largest absolute Gasteiger partial charge is 0.198 e. The van der Waals surface area contributed by atoms with Gasteiger partial charge in [0.05, 0.1) is 6.07 Å². The van der Waals surface area contributed by atoms with Crippen LogP contribution in [0.25, 0.3) is 0 Å². The minimum absolute atomic E-state index is 0.361. The van der Waals surface area contributed by atoms with E-state index < -0.39 is 0 Å². The number of rotatable bonds is 0. The fourth-order valence-electron chi connectivity index (χ4n) is 1.03. The summed E-state index contributed by atoms with van der Waals surface area (Å²) in [7, 11) is 0. The predicted molar refractivity (Wildman–Crippen MR) is 40.3 cm³/mol. The summed E-state index contributed by atoms with van der Waals surface area (Å²) >= 11 is 1.98. The lowest BCUT2D eigenvalue weighted by Gasteiger charge is -1.99. The van der Waals surface area contributed by atoms with Crippen LogP contribution in [0.5, 0.6) is 0 Å². The van der Waals surface area contributed by atoms with Crippen LogP contribution in [0, 0.1) is 17.2 Å². The molecule has 0 unspecified atom stereocenters. The van der Waals surface area contributed by atoms with E-state index >= 15 is 0 Å². The Balaban J connectivity index is 2.29. The Morgan fingerprint density at radius 2 is 2.22 bits per heavy atom. The Hall–Kier alpha value is -0.160. The van der Waals surface area contributed by atoms with Gasteiger partial charge in [-0.25, -0.2) is 0 Å². The molecule has 1 rings (SSSR count). The lowest BCUT2D eigenvalue weighted by molar-refractivity contribution is 0.592. The van der Waals surface area contributed by atoms with Crippen molar-refractivity contribution >= 4 is 11.8 Å². The van der Waals surface area contributed by atoms with Crippen LogP contribution in [0.3, 0.4) is 0 Å². The Kier molecular flexibility index (Phi) is 2.93. The zero-order chi connectivity index (χ0) is 6.53. The zero-order valence-electron chi connectivity index (χ0n) is 5.47. The van der Waals surface area contributed by atoms with Crippen molar-refractivity contribution in [3.8, 4) is 6.07 Å². The van der Waals surface area contributed by atoms with Crippen molar-refractivity contribution in [2.75, 3.05) is 11.5 Å². The number of nitriles is 1. The molecule has 1 saturated heterocycles. The highest BCUT2D eigenvalue weighted by atomic mass is 32.2. The molecule has 1 aliphatic rings. The van der Waals surface area contributed by atoms with Gasteiger partial charge in [0.1, 0.15) is 0 Å². The average Bonchev–Trinajstić information content (AvgIpc) is 2.13. The number of hydrogen-bond donors (Lipinski definition) is 0. The monoisotopic (exact) mass is 141 g/mol. The molecule has 0 spiro atoms. The minimum atomic E-state index is 0.361. The van der Waals surface area contributed by atoms with E-state index in [9.17, 15) is 0 Å². The van der Waals surface area contributed by atoms with Gasteiger partial charge in [0.25, 0.3) is 0 Å². The smallest absolute Gasteiger partial charge is 0.0656 e. The summed E-state index contributed by atoms with van der Waals surface area (Å²) in [6, 6.07) is 2.33. The summed E-state index contributed by atoms with van der Waals surface area (Å²) < 4.78 is 0. The van der Waals surface area contributed by atoms with E-state index in [4.69, 9.17) is 5.26 Å². The Morgan fingerprint density at radius 1 is 1.33 bits per heavy atom. The van der Waals surface area contributed by atoms with E-state index in [-0.39, 0.29) is 0 Å². The summed E-state index contributed by atoms with van der Waals surface area (Å²) in [6.45, 7) is 0. The molecule has 0 aromatic carbocycles. The fraction of sp³-hybridized carbons (Fsp3) is 0.857. The lowest BCUT2D eigenvalue weighted by Crippen LogP contribution is -1.94. The van der Waals surface area contributed by atoms with Crippen LogP contribution < -0.4 is 0 Å². The first-order valence-corrected chi connectivity index (χ1v) is 4.56. The highest BCUT2D eigenvalue weighted by Gasteiger charge is 2.09. The normalized spacial score (nSPS) is 28.6. The predicted octanol–water partition coefficient (Wildman–Crippen LogP) is 2.04. The molecule has 1 heterocycles. The van der Waals surface area contributed by atoms with Crippen molar-refractivity contribution in [3.63, 3.8) is 0 Å². The molecule has 1 fully saturated rings. The van der Waals surface area contributed by atoms with Gasteiger partial charge >= 0.3 is 0 Å². The summed E-state index contributed by atoms with van der Waals surface area (Å²) in [6.07, 6.45) is 3.48. The van der Waals surface area contributed by atoms with Gasteiger partial charge in [0.15, 0.2) is 0 Å². The summed E-state index contributed by atoms with van der Waals surface area (Å²) in [5, 5.41) is 8.56. The van der Waals surface area contributed by atoms with Crippen LogP contribution in [0.1, 0.15) is 19.3 Å². The van der Waals surface area contributed by atoms with Gasteiger partial charge in [0.2, 0.25) is 0 Å². The average molecular weight is 141 g/mol. The molecule has 1 atom stereocenters. The molecule has 1 nitrogen and oxygen atoms in total. The highest BCUT2D eigenvalue weighted by Crippen LogP contribution is 2.20. The molecule has 1 aliphatic heterocycles. The van der Waals surface area contributed by atoms with Crippen molar-refractivity contribution in [1.29, 1.82) is 5.26 Å². The van der Waals surface area contributed by atoms with E-state index in [0.717, 1.165) is 12.8 Å². The molecule has 0 saturated carbocycles. The van der Waals surface area contributed by atoms with Crippen LogP contribution in [0.4, 0.5) is 0 Å². The molecular formula is C7H11NS. The van der Waals surface area contributed by atoms with Gasteiger partial charge in [-0.05, 0) is 30.8 Å². The first kappa shape index (κ1) is 6.95. The molecule has 9 heavy (non-hydrogen) atoms. The molecule has 0 aliphatic carbocycles. The van der Waals surface area contributed by atoms with E-state index in [1.54, 1.807) is 0 Å². The standard InChI is InChI=1S/C7H11NS/c8-6-7-2-1-4-9-5-3-7/h7H,1-5H2/t7-/m1/s1. The van der Waals surface area contributed by atoms with Gasteiger partial charge in [-0.2, -0.15) is 17.0 Å². The SMILES string of the molecule is N#C[C@@H]1CCCSCC1. The Morgan fingerprint density at radius 3 is 3.00 bits per heavy atom. The van der Waals surface area contributed by atoms with Crippen molar-refractivity contribution in [2.45, 2.75) is 19.3 Å². The maximum atomic E-state index is 8.56. The topological polar surface area (TPSA) is 23.8 Å². The van der Waals surface area contributed by atoms with Gasteiger partial charge in [0, 0.05) is 5.92 Å². The fourth-order valence-corrected chi connectivity index (χ4v) is 2.06. The van der Waals surface area contributed by atoms with E-state index in [1.807, 2.05) is 11.8 Å². The third-order valence-corrected chi connectivity index (χ3v) is 2.74. The number of thioether (sulfide) groups is 1. The molecule has 0 N–H and O–H groups in total. The van der Waals surface area contributed by atoms with Crippen molar-refractivity contribution in [2.24, 2.45) is 5.92 Å². The third kappa shape index (κ3) is 2.28. The Bertz CT molecular complexity index is 109. The van der Waals surface area contributed by atoms with Crippen LogP contribution in [0.15, 0.2) is 0 Å². The van der Waals surface area contributed by atoms with Crippen LogP contribution >= 0.6 is 11.8 Å². The molecule has 50 valence electrons. The molecule has 0 bridgehead atoms. The maximum absolute atomic E-state index is 8.56.